The lowest BCUT2D eigenvalue weighted by Crippen LogP contribution is -2.45. The number of aromatic nitrogens is 2. The minimum atomic E-state index is -0.0376. The predicted molar refractivity (Wildman–Crippen MR) is 95.1 cm³/mol. The first-order valence-electron chi connectivity index (χ1n) is 8.32. The summed E-state index contributed by atoms with van der Waals surface area (Å²) in [6.45, 7) is 4.14. The van der Waals surface area contributed by atoms with E-state index in [2.05, 4.69) is 28.3 Å². The summed E-state index contributed by atoms with van der Waals surface area (Å²) in [5, 5.41) is 7.94. The highest BCUT2D eigenvalue weighted by molar-refractivity contribution is 6.30. The van der Waals surface area contributed by atoms with Gasteiger partial charge in [-0.25, -0.2) is 0 Å². The highest BCUT2D eigenvalue weighted by atomic mass is 35.5. The van der Waals surface area contributed by atoms with Crippen LogP contribution in [0.1, 0.15) is 41.7 Å². The number of nitrogens with zero attached hydrogens (tertiary/aromatic N) is 3. The molecule has 3 rings (SSSR count). The molecular weight excluding hydrogens is 324 g/mol. The molecule has 1 aromatic carbocycles. The van der Waals surface area contributed by atoms with Crippen molar-refractivity contribution in [2.75, 3.05) is 13.1 Å². The second-order valence-electron chi connectivity index (χ2n) is 6.42. The number of hydrogen-bond donors (Lipinski definition) is 1. The van der Waals surface area contributed by atoms with Gasteiger partial charge in [0.2, 0.25) is 0 Å². The summed E-state index contributed by atoms with van der Waals surface area (Å²) in [7, 11) is 1.81. The molecule has 1 N–H and O–H groups in total. The average Bonchev–Trinajstić information content (AvgIpc) is 3.01. The first-order chi connectivity index (χ1) is 11.5. The van der Waals surface area contributed by atoms with Gasteiger partial charge in [-0.3, -0.25) is 14.4 Å². The van der Waals surface area contributed by atoms with Gasteiger partial charge in [0.15, 0.2) is 0 Å². The zero-order valence-corrected chi connectivity index (χ0v) is 14.8. The van der Waals surface area contributed by atoms with Crippen LogP contribution in [0.5, 0.6) is 0 Å². The highest BCUT2D eigenvalue weighted by Gasteiger charge is 2.25. The fraction of sp³-hybridized carbons (Fsp3) is 0.444. The molecule has 0 unspecified atom stereocenters. The van der Waals surface area contributed by atoms with Crippen LogP contribution in [0.25, 0.3) is 0 Å². The van der Waals surface area contributed by atoms with Gasteiger partial charge in [0.25, 0.3) is 5.91 Å². The first kappa shape index (κ1) is 17.0. The van der Waals surface area contributed by atoms with Crippen molar-refractivity contribution in [3.8, 4) is 0 Å². The first-order valence-corrected chi connectivity index (χ1v) is 8.70. The minimum absolute atomic E-state index is 0.0376. The van der Waals surface area contributed by atoms with Crippen LogP contribution in [0.15, 0.2) is 36.7 Å². The van der Waals surface area contributed by atoms with E-state index in [1.807, 2.05) is 25.2 Å². The number of aryl methyl sites for hydroxylation is 1. The number of hydrogen-bond acceptors (Lipinski definition) is 3. The van der Waals surface area contributed by atoms with Crippen LogP contribution in [0.2, 0.25) is 5.02 Å². The maximum atomic E-state index is 12.2. The van der Waals surface area contributed by atoms with Crippen molar-refractivity contribution in [2.24, 2.45) is 7.05 Å². The summed E-state index contributed by atoms with van der Waals surface area (Å²) < 4.78 is 1.64. The van der Waals surface area contributed by atoms with Gasteiger partial charge in [0.1, 0.15) is 0 Å². The molecule has 24 heavy (non-hydrogen) atoms. The number of rotatable bonds is 4. The zero-order valence-electron chi connectivity index (χ0n) is 14.1. The van der Waals surface area contributed by atoms with Crippen LogP contribution in [-0.2, 0) is 7.05 Å². The second-order valence-corrected chi connectivity index (χ2v) is 6.85. The Morgan fingerprint density at radius 1 is 1.38 bits per heavy atom. The summed E-state index contributed by atoms with van der Waals surface area (Å²) in [6, 6.07) is 8.60. The maximum absolute atomic E-state index is 12.2. The number of nitrogens with one attached hydrogen (secondary N) is 1. The topological polar surface area (TPSA) is 50.2 Å². The molecule has 0 radical (unpaired) electrons. The summed E-state index contributed by atoms with van der Waals surface area (Å²) in [5.74, 6) is -0.0376. The van der Waals surface area contributed by atoms with E-state index in [1.165, 1.54) is 5.56 Å². The summed E-state index contributed by atoms with van der Waals surface area (Å²) in [5.41, 5.74) is 1.85. The van der Waals surface area contributed by atoms with Gasteiger partial charge in [-0.15, -0.1) is 0 Å². The van der Waals surface area contributed by atoms with Crippen LogP contribution in [0, 0.1) is 0 Å². The predicted octanol–water partition coefficient (Wildman–Crippen LogP) is 3.03. The van der Waals surface area contributed by atoms with Crippen LogP contribution >= 0.6 is 11.6 Å². The van der Waals surface area contributed by atoms with Gasteiger partial charge in [0, 0.05) is 43.4 Å². The lowest BCUT2D eigenvalue weighted by molar-refractivity contribution is 0.0896. The standard InChI is InChI=1S/C18H23ClN4O/c1-13(14-4-3-5-16(19)10-14)23-8-6-17(7-9-23)21-18(24)15-11-20-22(2)12-15/h3-5,10-13,17H,6-9H2,1-2H3,(H,21,24)/t13-/m0/s1. The maximum Gasteiger partial charge on any atom is 0.254 e. The Kier molecular flexibility index (Phi) is 5.21. The minimum Gasteiger partial charge on any atom is -0.349 e. The van der Waals surface area contributed by atoms with E-state index in [4.69, 9.17) is 11.6 Å². The van der Waals surface area contributed by atoms with Gasteiger partial charge in [-0.05, 0) is 37.5 Å². The Hall–Kier alpha value is -1.85. The van der Waals surface area contributed by atoms with E-state index < -0.39 is 0 Å². The molecular formula is C18H23ClN4O. The molecule has 2 aromatic rings. The Balaban J connectivity index is 1.53. The Labute approximate surface area is 147 Å². The average molecular weight is 347 g/mol. The fourth-order valence-corrected chi connectivity index (χ4v) is 3.41. The quantitative estimate of drug-likeness (QED) is 0.925. The molecule has 0 bridgehead atoms. The third-order valence-electron chi connectivity index (χ3n) is 4.71. The molecule has 1 atom stereocenters. The molecule has 1 fully saturated rings. The van der Waals surface area contributed by atoms with Gasteiger partial charge in [0.05, 0.1) is 11.8 Å². The lowest BCUT2D eigenvalue weighted by atomic mass is 10.00. The number of piperidine rings is 1. The summed E-state index contributed by atoms with van der Waals surface area (Å²) >= 11 is 6.10. The van der Waals surface area contributed by atoms with Gasteiger partial charge < -0.3 is 5.32 Å². The van der Waals surface area contributed by atoms with Crippen LogP contribution in [0.4, 0.5) is 0 Å². The number of carbonyl (C=O) groups is 1. The van der Waals surface area contributed by atoms with Crippen LogP contribution < -0.4 is 5.32 Å². The molecule has 1 amide bonds. The van der Waals surface area contributed by atoms with E-state index in [1.54, 1.807) is 17.1 Å². The molecule has 5 nitrogen and oxygen atoms in total. The molecule has 1 saturated heterocycles. The lowest BCUT2D eigenvalue weighted by Gasteiger charge is -2.36. The zero-order chi connectivity index (χ0) is 17.1. The number of carbonyl (C=O) groups excluding carboxylic acids is 1. The van der Waals surface area contributed by atoms with Crippen molar-refractivity contribution in [1.29, 1.82) is 0 Å². The number of halogens is 1. The Bertz CT molecular complexity index is 707. The van der Waals surface area contributed by atoms with E-state index in [9.17, 15) is 4.79 Å². The Morgan fingerprint density at radius 3 is 2.75 bits per heavy atom. The number of benzene rings is 1. The van der Waals surface area contributed by atoms with E-state index in [0.717, 1.165) is 31.0 Å². The normalized spacial score (nSPS) is 17.6. The van der Waals surface area contributed by atoms with Crippen LogP contribution in [-0.4, -0.2) is 39.7 Å². The summed E-state index contributed by atoms with van der Waals surface area (Å²) in [6.07, 6.45) is 5.26. The Morgan fingerprint density at radius 2 is 2.12 bits per heavy atom. The van der Waals surface area contributed by atoms with Gasteiger partial charge in [-0.1, -0.05) is 23.7 Å². The molecule has 2 heterocycles. The van der Waals surface area contributed by atoms with Crippen LogP contribution in [0.3, 0.4) is 0 Å². The van der Waals surface area contributed by atoms with Crippen molar-refractivity contribution in [2.45, 2.75) is 31.8 Å². The largest absolute Gasteiger partial charge is 0.349 e. The second kappa shape index (κ2) is 7.36. The SMILES string of the molecule is C[C@@H](c1cccc(Cl)c1)N1CCC(NC(=O)c2cnn(C)c2)CC1. The van der Waals surface area contributed by atoms with E-state index in [-0.39, 0.29) is 11.9 Å². The number of likely N-dealkylation sites (tertiary alicyclic amines) is 1. The third-order valence-corrected chi connectivity index (χ3v) is 4.95. The van der Waals surface area contributed by atoms with Gasteiger partial charge in [-0.2, -0.15) is 5.10 Å². The van der Waals surface area contributed by atoms with Crippen molar-refractivity contribution in [3.05, 3.63) is 52.8 Å². The molecule has 128 valence electrons. The van der Waals surface area contributed by atoms with E-state index >= 15 is 0 Å². The van der Waals surface area contributed by atoms with Crippen molar-refractivity contribution in [3.63, 3.8) is 0 Å². The summed E-state index contributed by atoms with van der Waals surface area (Å²) in [4.78, 5) is 14.7. The molecule has 0 aliphatic carbocycles. The van der Waals surface area contributed by atoms with E-state index in [0.29, 0.717) is 11.6 Å². The number of amides is 1. The molecule has 0 saturated carbocycles. The molecule has 1 aliphatic heterocycles. The smallest absolute Gasteiger partial charge is 0.254 e. The van der Waals surface area contributed by atoms with Crippen molar-refractivity contribution < 1.29 is 4.79 Å². The fourth-order valence-electron chi connectivity index (χ4n) is 3.22. The molecule has 6 heteroatoms. The highest BCUT2D eigenvalue weighted by Crippen LogP contribution is 2.26. The molecule has 0 spiro atoms. The monoisotopic (exact) mass is 346 g/mol. The van der Waals surface area contributed by atoms with Gasteiger partial charge >= 0.3 is 0 Å². The van der Waals surface area contributed by atoms with Crippen molar-refractivity contribution >= 4 is 17.5 Å². The molecule has 1 aliphatic rings. The van der Waals surface area contributed by atoms with Crippen molar-refractivity contribution in [1.82, 2.24) is 20.0 Å². The third kappa shape index (κ3) is 3.97. The molecule has 1 aromatic heterocycles.